The highest BCUT2D eigenvalue weighted by molar-refractivity contribution is 7.10. The average molecular weight is 246 g/mol. The fourth-order valence-electron chi connectivity index (χ4n) is 2.05. The van der Waals surface area contributed by atoms with Gasteiger partial charge in [0.2, 0.25) is 0 Å². The molecule has 1 aromatic heterocycles. The first-order valence-electron chi connectivity index (χ1n) is 5.77. The highest BCUT2D eigenvalue weighted by Gasteiger charge is 2.28. The molecule has 0 aliphatic heterocycles. The van der Waals surface area contributed by atoms with Crippen LogP contribution in [0.15, 0.2) is 29.6 Å². The molecule has 1 aromatic carbocycles. The maximum absolute atomic E-state index is 10.8. The molecule has 2 aromatic rings. The maximum Gasteiger partial charge on any atom is 0.121 e. The highest BCUT2D eigenvalue weighted by Crippen LogP contribution is 2.35. The van der Waals surface area contributed by atoms with E-state index in [1.807, 2.05) is 25.3 Å². The number of rotatable bonds is 2. The lowest BCUT2D eigenvalue weighted by Crippen LogP contribution is -2.22. The van der Waals surface area contributed by atoms with Crippen LogP contribution in [0.4, 0.5) is 0 Å². The zero-order chi connectivity index (χ0) is 12.6. The van der Waals surface area contributed by atoms with Gasteiger partial charge < -0.3 is 5.11 Å². The van der Waals surface area contributed by atoms with E-state index in [2.05, 4.69) is 32.0 Å². The van der Waals surface area contributed by atoms with Crippen LogP contribution in [0.5, 0.6) is 0 Å². The summed E-state index contributed by atoms with van der Waals surface area (Å²) in [5, 5.41) is 12.8. The number of benzene rings is 1. The molecule has 0 fully saturated rings. The first-order chi connectivity index (χ1) is 7.93. The summed E-state index contributed by atoms with van der Waals surface area (Å²) in [5.41, 5.74) is 3.70. The molecule has 0 aliphatic rings. The van der Waals surface area contributed by atoms with E-state index in [9.17, 15) is 5.11 Å². The summed E-state index contributed by atoms with van der Waals surface area (Å²) in [6.45, 7) is 8.08. The first-order valence-corrected chi connectivity index (χ1v) is 6.65. The second-order valence-corrected chi connectivity index (χ2v) is 5.72. The molecule has 2 rings (SSSR count). The predicted molar refractivity (Wildman–Crippen MR) is 73.6 cm³/mol. The molecule has 0 bridgehead atoms. The Kier molecular flexibility index (Phi) is 3.11. The third-order valence-corrected chi connectivity index (χ3v) is 4.60. The van der Waals surface area contributed by atoms with Gasteiger partial charge in [0.05, 0.1) is 0 Å². The Balaban J connectivity index is 2.51. The van der Waals surface area contributed by atoms with Crippen molar-refractivity contribution in [3.63, 3.8) is 0 Å². The lowest BCUT2D eigenvalue weighted by atomic mass is 9.90. The summed E-state index contributed by atoms with van der Waals surface area (Å²) in [7, 11) is 0. The molecule has 0 aliphatic carbocycles. The van der Waals surface area contributed by atoms with Crippen LogP contribution in [-0.2, 0) is 5.60 Å². The molecule has 0 saturated carbocycles. The molecule has 90 valence electrons. The lowest BCUT2D eigenvalue weighted by molar-refractivity contribution is 0.105. The van der Waals surface area contributed by atoms with E-state index in [0.29, 0.717) is 0 Å². The van der Waals surface area contributed by atoms with Crippen molar-refractivity contribution in [2.45, 2.75) is 33.3 Å². The minimum atomic E-state index is -0.892. The molecule has 1 unspecified atom stereocenters. The van der Waals surface area contributed by atoms with Crippen LogP contribution in [0.2, 0.25) is 0 Å². The molecule has 1 nitrogen and oxygen atoms in total. The average Bonchev–Trinajstić information content (AvgIpc) is 2.69. The molecule has 0 radical (unpaired) electrons. The zero-order valence-corrected chi connectivity index (χ0v) is 11.6. The molecule has 1 heterocycles. The summed E-state index contributed by atoms with van der Waals surface area (Å²) in [6, 6.07) is 8.22. The summed E-state index contributed by atoms with van der Waals surface area (Å²) < 4.78 is 0. The SMILES string of the molecule is Cc1ccc(C(C)(O)c2sccc2C)cc1C. The Bertz CT molecular complexity index is 538. The van der Waals surface area contributed by atoms with Gasteiger partial charge in [-0.15, -0.1) is 11.3 Å². The van der Waals surface area contributed by atoms with Crippen molar-refractivity contribution in [2.75, 3.05) is 0 Å². The van der Waals surface area contributed by atoms with E-state index in [-0.39, 0.29) is 0 Å². The largest absolute Gasteiger partial charge is 0.380 e. The molecular weight excluding hydrogens is 228 g/mol. The minimum Gasteiger partial charge on any atom is -0.380 e. The van der Waals surface area contributed by atoms with E-state index < -0.39 is 5.60 Å². The van der Waals surface area contributed by atoms with Crippen LogP contribution in [0.3, 0.4) is 0 Å². The Labute approximate surface area is 107 Å². The Hall–Kier alpha value is -1.12. The van der Waals surface area contributed by atoms with Gasteiger partial charge in [0.15, 0.2) is 0 Å². The van der Waals surface area contributed by atoms with Crippen molar-refractivity contribution in [3.05, 3.63) is 56.8 Å². The topological polar surface area (TPSA) is 20.2 Å². The molecule has 1 atom stereocenters. The van der Waals surface area contributed by atoms with Gasteiger partial charge in [0.1, 0.15) is 5.60 Å². The fraction of sp³-hybridized carbons (Fsp3) is 0.333. The standard InChI is InChI=1S/C15H18OS/c1-10-5-6-13(9-12(10)3)15(4,16)14-11(2)7-8-17-14/h5-9,16H,1-4H3. The quantitative estimate of drug-likeness (QED) is 0.851. The zero-order valence-electron chi connectivity index (χ0n) is 10.7. The normalized spacial score (nSPS) is 14.6. The summed E-state index contributed by atoms with van der Waals surface area (Å²) in [5.74, 6) is 0. The van der Waals surface area contributed by atoms with Gasteiger partial charge in [-0.2, -0.15) is 0 Å². The van der Waals surface area contributed by atoms with Crippen LogP contribution < -0.4 is 0 Å². The molecule has 0 amide bonds. The van der Waals surface area contributed by atoms with E-state index in [4.69, 9.17) is 0 Å². The smallest absolute Gasteiger partial charge is 0.121 e. The number of aliphatic hydroxyl groups is 1. The van der Waals surface area contributed by atoms with Gasteiger partial charge in [0, 0.05) is 4.88 Å². The van der Waals surface area contributed by atoms with Crippen LogP contribution in [0.25, 0.3) is 0 Å². The number of hydrogen-bond acceptors (Lipinski definition) is 2. The van der Waals surface area contributed by atoms with Gasteiger partial charge in [-0.25, -0.2) is 0 Å². The van der Waals surface area contributed by atoms with Gasteiger partial charge in [-0.05, 0) is 61.4 Å². The van der Waals surface area contributed by atoms with Crippen molar-refractivity contribution in [1.29, 1.82) is 0 Å². The molecule has 1 N–H and O–H groups in total. The molecule has 0 saturated heterocycles. The Morgan fingerprint density at radius 2 is 1.71 bits per heavy atom. The third kappa shape index (κ3) is 2.15. The molecule has 0 spiro atoms. The fourth-order valence-corrected chi connectivity index (χ4v) is 3.06. The van der Waals surface area contributed by atoms with Crippen LogP contribution in [-0.4, -0.2) is 5.11 Å². The predicted octanol–water partition coefficient (Wildman–Crippen LogP) is 3.93. The summed E-state index contributed by atoms with van der Waals surface area (Å²) in [4.78, 5) is 1.03. The van der Waals surface area contributed by atoms with E-state index in [1.165, 1.54) is 11.1 Å². The Morgan fingerprint density at radius 3 is 2.24 bits per heavy atom. The number of thiophene rings is 1. The summed E-state index contributed by atoms with van der Waals surface area (Å²) in [6.07, 6.45) is 0. The van der Waals surface area contributed by atoms with Crippen molar-refractivity contribution < 1.29 is 5.11 Å². The minimum absolute atomic E-state index is 0.892. The highest BCUT2D eigenvalue weighted by atomic mass is 32.1. The second-order valence-electron chi connectivity index (χ2n) is 4.80. The van der Waals surface area contributed by atoms with E-state index in [1.54, 1.807) is 11.3 Å². The molecule has 2 heteroatoms. The van der Waals surface area contributed by atoms with E-state index >= 15 is 0 Å². The maximum atomic E-state index is 10.8. The van der Waals surface area contributed by atoms with Crippen molar-refractivity contribution in [3.8, 4) is 0 Å². The summed E-state index contributed by atoms with van der Waals surface area (Å²) >= 11 is 1.61. The van der Waals surface area contributed by atoms with Crippen LogP contribution in [0, 0.1) is 20.8 Å². The van der Waals surface area contributed by atoms with Crippen LogP contribution in [0.1, 0.15) is 34.1 Å². The van der Waals surface area contributed by atoms with E-state index in [0.717, 1.165) is 16.0 Å². The van der Waals surface area contributed by atoms with Gasteiger partial charge in [-0.1, -0.05) is 18.2 Å². The van der Waals surface area contributed by atoms with Crippen molar-refractivity contribution >= 4 is 11.3 Å². The van der Waals surface area contributed by atoms with Crippen molar-refractivity contribution in [2.24, 2.45) is 0 Å². The first kappa shape index (κ1) is 12.3. The number of aryl methyl sites for hydroxylation is 3. The monoisotopic (exact) mass is 246 g/mol. The second kappa shape index (κ2) is 4.28. The third-order valence-electron chi connectivity index (χ3n) is 3.37. The van der Waals surface area contributed by atoms with Gasteiger partial charge in [0.25, 0.3) is 0 Å². The number of hydrogen-bond donors (Lipinski definition) is 1. The lowest BCUT2D eigenvalue weighted by Gasteiger charge is -2.24. The Morgan fingerprint density at radius 1 is 1.00 bits per heavy atom. The molecule has 17 heavy (non-hydrogen) atoms. The van der Waals surface area contributed by atoms with Crippen LogP contribution >= 0.6 is 11.3 Å². The van der Waals surface area contributed by atoms with Gasteiger partial charge in [-0.3, -0.25) is 0 Å². The molecular formula is C15H18OS. The van der Waals surface area contributed by atoms with Crippen molar-refractivity contribution in [1.82, 2.24) is 0 Å². The van der Waals surface area contributed by atoms with Gasteiger partial charge >= 0.3 is 0 Å².